The Balaban J connectivity index is 0.000000669. The Labute approximate surface area is 233 Å². The molecule has 2 N–H and O–H groups in total. The van der Waals surface area contributed by atoms with Gasteiger partial charge in [0.05, 0.1) is 5.75 Å². The van der Waals surface area contributed by atoms with Gasteiger partial charge < -0.3 is 15.5 Å². The van der Waals surface area contributed by atoms with Crippen LogP contribution in [0.2, 0.25) is 0 Å². The summed E-state index contributed by atoms with van der Waals surface area (Å²) in [5, 5.41) is 0. The van der Waals surface area contributed by atoms with Crippen LogP contribution in [0, 0.1) is 58.2 Å². The van der Waals surface area contributed by atoms with Crippen LogP contribution in [0.3, 0.4) is 0 Å². The van der Waals surface area contributed by atoms with Gasteiger partial charge in [0.2, 0.25) is 11.6 Å². The second-order valence-corrected chi connectivity index (χ2v) is 12.9. The first-order chi connectivity index (χ1) is 18.5. The Morgan fingerprint density at radius 2 is 0.854 bits per heavy atom. The minimum atomic E-state index is -5.05. The van der Waals surface area contributed by atoms with Gasteiger partial charge in [-0.3, -0.25) is 0 Å². The van der Waals surface area contributed by atoms with E-state index in [9.17, 15) is 60.7 Å². The van der Waals surface area contributed by atoms with Crippen LogP contribution in [0.4, 0.5) is 43.9 Å². The summed E-state index contributed by atoms with van der Waals surface area (Å²) >= 11 is 0. The Bertz CT molecular complexity index is 1390. The molecule has 0 saturated carbocycles. The van der Waals surface area contributed by atoms with E-state index in [0.29, 0.717) is 0 Å². The average Bonchev–Trinajstić information content (AvgIpc) is 2.83. The minimum absolute atomic E-state index is 0.00513. The summed E-state index contributed by atoms with van der Waals surface area (Å²) in [5.74, 6) is -24.4. The van der Waals surface area contributed by atoms with E-state index in [2.05, 4.69) is 15.6 Å². The van der Waals surface area contributed by atoms with Crippen molar-refractivity contribution in [2.75, 3.05) is 53.6 Å². The van der Waals surface area contributed by atoms with E-state index >= 15 is 0 Å². The normalized spacial score (nSPS) is 11.8. The molecule has 0 unspecified atom stereocenters. The fourth-order valence-corrected chi connectivity index (χ4v) is 5.04. The number of nitrogens with zero attached hydrogens (tertiary/aromatic N) is 2. The van der Waals surface area contributed by atoms with Crippen molar-refractivity contribution in [3.05, 3.63) is 58.2 Å². The largest absolute Gasteiger partial charge is 0.329 e. The molecule has 2 rings (SSSR count). The zero-order chi connectivity index (χ0) is 32.6. The van der Waals surface area contributed by atoms with Gasteiger partial charge in [0.15, 0.2) is 61.3 Å². The van der Waals surface area contributed by atoms with Crippen LogP contribution in [0.25, 0.3) is 0 Å². The van der Waals surface area contributed by atoms with Crippen molar-refractivity contribution in [2.24, 2.45) is 5.73 Å². The van der Waals surface area contributed by atoms with Crippen LogP contribution >= 0.6 is 10.7 Å². The standard InChI is InChI=1S/C11H12F5NO2S.C6ClF5O2S.C4H12N2/c1-17(2)4-3-5-20(18,19)11-9(15)7(13)6(12)8(14)10(11)16;7-15(13,14)6-4(11)2(9)1(8)3(10)5(6)12;1-6(2)4-3-5/h3-5H2,1-2H3;;3-5H2,1-2H3. The van der Waals surface area contributed by atoms with E-state index in [1.807, 2.05) is 14.1 Å². The molecule has 41 heavy (non-hydrogen) atoms. The van der Waals surface area contributed by atoms with Crippen molar-refractivity contribution in [1.29, 1.82) is 0 Å². The smallest absolute Gasteiger partial charge is 0.267 e. The quantitative estimate of drug-likeness (QED) is 0.149. The lowest BCUT2D eigenvalue weighted by Crippen LogP contribution is -2.20. The van der Waals surface area contributed by atoms with Crippen molar-refractivity contribution in [2.45, 2.75) is 16.2 Å². The highest BCUT2D eigenvalue weighted by Gasteiger charge is 2.34. The summed E-state index contributed by atoms with van der Waals surface area (Å²) in [4.78, 5) is -0.151. The van der Waals surface area contributed by atoms with Gasteiger partial charge in [-0.25, -0.2) is 60.7 Å². The van der Waals surface area contributed by atoms with Gasteiger partial charge in [-0.05, 0) is 41.2 Å². The summed E-state index contributed by atoms with van der Waals surface area (Å²) in [6.45, 7) is 2.03. The van der Waals surface area contributed by atoms with Crippen LogP contribution in [0.15, 0.2) is 9.79 Å². The minimum Gasteiger partial charge on any atom is -0.329 e. The van der Waals surface area contributed by atoms with Crippen molar-refractivity contribution < 1.29 is 60.7 Å². The lowest BCUT2D eigenvalue weighted by molar-refractivity contribution is 0.357. The lowest BCUT2D eigenvalue weighted by atomic mass is 10.3. The van der Waals surface area contributed by atoms with Crippen molar-refractivity contribution in [1.82, 2.24) is 9.80 Å². The number of hydrogen-bond acceptors (Lipinski definition) is 7. The predicted octanol–water partition coefficient (Wildman–Crippen LogP) is 3.92. The van der Waals surface area contributed by atoms with E-state index in [1.165, 1.54) is 0 Å². The Hall–Kier alpha value is -2.19. The molecule has 0 aliphatic heterocycles. The van der Waals surface area contributed by atoms with Gasteiger partial charge in [0.1, 0.15) is 4.90 Å². The molecule has 236 valence electrons. The molecule has 2 aromatic carbocycles. The highest BCUT2D eigenvalue weighted by molar-refractivity contribution is 8.13. The Morgan fingerprint density at radius 3 is 1.10 bits per heavy atom. The molecular weight excluding hydrogens is 648 g/mol. The highest BCUT2D eigenvalue weighted by Crippen LogP contribution is 2.29. The number of sulfone groups is 1. The van der Waals surface area contributed by atoms with Gasteiger partial charge in [0.25, 0.3) is 9.05 Å². The fraction of sp³-hybridized carbons (Fsp3) is 0.429. The molecule has 0 fully saturated rings. The fourth-order valence-electron chi connectivity index (χ4n) is 2.59. The maximum absolute atomic E-state index is 13.4. The molecule has 0 aromatic heterocycles. The lowest BCUT2D eigenvalue weighted by Gasteiger charge is -2.11. The molecule has 0 heterocycles. The number of halogens is 11. The molecule has 20 heteroatoms. The predicted molar refractivity (Wildman–Crippen MR) is 128 cm³/mol. The van der Waals surface area contributed by atoms with Crippen LogP contribution in [0.1, 0.15) is 6.42 Å². The Kier molecular flexibility index (Phi) is 15.0. The second kappa shape index (κ2) is 15.9. The second-order valence-electron chi connectivity index (χ2n) is 8.30. The molecular formula is C21H24ClF10N3O4S2. The van der Waals surface area contributed by atoms with Gasteiger partial charge in [-0.15, -0.1) is 0 Å². The van der Waals surface area contributed by atoms with Crippen molar-refractivity contribution in [3.8, 4) is 0 Å². The number of rotatable bonds is 8. The highest BCUT2D eigenvalue weighted by atomic mass is 35.7. The van der Waals surface area contributed by atoms with Gasteiger partial charge in [0, 0.05) is 23.8 Å². The number of hydrogen-bond donors (Lipinski definition) is 1. The molecule has 0 aliphatic rings. The SMILES string of the molecule is CN(C)CCCS(=O)(=O)c1c(F)c(F)c(F)c(F)c1F.CN(C)CCN.O=S(=O)(Cl)c1c(F)c(F)c(F)c(F)c1F. The first kappa shape index (κ1) is 38.8. The summed E-state index contributed by atoms with van der Waals surface area (Å²) in [5.41, 5.74) is 5.19. The molecule has 0 radical (unpaired) electrons. The van der Waals surface area contributed by atoms with Gasteiger partial charge in [-0.1, -0.05) is 0 Å². The Morgan fingerprint density at radius 1 is 0.561 bits per heavy atom. The summed E-state index contributed by atoms with van der Waals surface area (Å²) in [7, 11) is 2.15. The topological polar surface area (TPSA) is 101 Å². The third kappa shape index (κ3) is 10.5. The monoisotopic (exact) mass is 671 g/mol. The number of nitrogens with two attached hydrogens (primary N) is 1. The number of likely N-dealkylation sites (N-methyl/N-ethyl adjacent to an activating group) is 1. The summed E-state index contributed by atoms with van der Waals surface area (Å²) in [6, 6.07) is 0. The zero-order valence-electron chi connectivity index (χ0n) is 21.6. The van der Waals surface area contributed by atoms with Crippen LogP contribution < -0.4 is 5.73 Å². The molecule has 0 atom stereocenters. The average molecular weight is 672 g/mol. The van der Waals surface area contributed by atoms with E-state index in [0.717, 1.165) is 13.1 Å². The van der Waals surface area contributed by atoms with Crippen molar-refractivity contribution >= 4 is 29.6 Å². The van der Waals surface area contributed by atoms with E-state index in [1.54, 1.807) is 19.0 Å². The maximum Gasteiger partial charge on any atom is 0.267 e. The van der Waals surface area contributed by atoms with Crippen LogP contribution in [-0.4, -0.2) is 80.2 Å². The van der Waals surface area contributed by atoms with Crippen molar-refractivity contribution in [3.63, 3.8) is 0 Å². The van der Waals surface area contributed by atoms with Gasteiger partial charge >= 0.3 is 0 Å². The molecule has 0 bridgehead atoms. The van der Waals surface area contributed by atoms with Crippen LogP contribution in [-0.2, 0) is 18.9 Å². The molecule has 0 amide bonds. The first-order valence-electron chi connectivity index (χ1n) is 10.7. The first-order valence-corrected chi connectivity index (χ1v) is 14.7. The van der Waals surface area contributed by atoms with Gasteiger partial charge in [-0.2, -0.15) is 0 Å². The van der Waals surface area contributed by atoms with E-state index < -0.39 is 92.6 Å². The zero-order valence-corrected chi connectivity index (χ0v) is 24.0. The molecule has 2 aromatic rings. The van der Waals surface area contributed by atoms with E-state index in [4.69, 9.17) is 5.73 Å². The molecule has 0 saturated heterocycles. The molecule has 7 nitrogen and oxygen atoms in total. The van der Waals surface area contributed by atoms with Crippen LogP contribution in [0.5, 0.6) is 0 Å². The molecule has 0 spiro atoms. The summed E-state index contributed by atoms with van der Waals surface area (Å²) in [6.07, 6.45) is -0.00513. The maximum atomic E-state index is 13.4. The third-order valence-corrected chi connectivity index (χ3v) is 7.60. The molecule has 0 aliphatic carbocycles. The van der Waals surface area contributed by atoms with E-state index in [-0.39, 0.29) is 13.0 Å². The summed E-state index contributed by atoms with van der Waals surface area (Å²) < 4.78 is 173. The third-order valence-electron chi connectivity index (χ3n) is 4.49. The number of benzene rings is 2.